The third kappa shape index (κ3) is 4.06. The molecule has 1 aliphatic heterocycles. The first-order valence-corrected chi connectivity index (χ1v) is 10.7. The zero-order chi connectivity index (χ0) is 22.0. The molecule has 1 aliphatic rings. The van der Waals surface area contributed by atoms with Crippen molar-refractivity contribution in [3.63, 3.8) is 0 Å². The van der Waals surface area contributed by atoms with E-state index in [4.69, 9.17) is 4.74 Å². The highest BCUT2D eigenvalue weighted by Gasteiger charge is 2.35. The zero-order valence-corrected chi connectivity index (χ0v) is 17.7. The van der Waals surface area contributed by atoms with E-state index in [-0.39, 0.29) is 17.5 Å². The first-order valence-electron chi connectivity index (χ1n) is 9.67. The Labute approximate surface area is 182 Å². The van der Waals surface area contributed by atoms with Gasteiger partial charge in [-0.3, -0.25) is 19.8 Å². The van der Waals surface area contributed by atoms with E-state index in [1.807, 2.05) is 12.1 Å². The number of nitro benzene ring substituents is 1. The Morgan fingerprint density at radius 1 is 1.23 bits per heavy atom. The molecule has 10 heteroatoms. The molecule has 0 radical (unpaired) electrons. The van der Waals surface area contributed by atoms with Crippen molar-refractivity contribution in [2.45, 2.75) is 31.7 Å². The predicted molar refractivity (Wildman–Crippen MR) is 116 cm³/mol. The fraction of sp³-hybridized carbons (Fsp3) is 0.238. The smallest absolute Gasteiger partial charge is 0.269 e. The molecule has 1 aromatic heterocycles. The van der Waals surface area contributed by atoms with Crippen molar-refractivity contribution in [3.8, 4) is 17.1 Å². The maximum Gasteiger partial charge on any atom is 0.269 e. The molecule has 0 N–H and O–H groups in total. The number of hydrogen-bond acceptors (Lipinski definition) is 8. The van der Waals surface area contributed by atoms with Gasteiger partial charge in [0.2, 0.25) is 23.2 Å². The van der Waals surface area contributed by atoms with Gasteiger partial charge in [-0.2, -0.15) is 4.98 Å². The SMILES string of the molecule is CCCSc1nnc2c(n1)OC(c1cccc([N+](=O)[O-])c1)N(C(C)=O)c1ccccc1-2. The molecule has 2 heterocycles. The van der Waals surface area contributed by atoms with Gasteiger partial charge in [0.05, 0.1) is 10.6 Å². The largest absolute Gasteiger partial charge is 0.447 e. The van der Waals surface area contributed by atoms with Gasteiger partial charge in [0.15, 0.2) is 5.69 Å². The molecule has 0 saturated carbocycles. The van der Waals surface area contributed by atoms with Gasteiger partial charge < -0.3 is 4.74 Å². The Balaban J connectivity index is 1.91. The van der Waals surface area contributed by atoms with Crippen LogP contribution in [-0.2, 0) is 4.79 Å². The Morgan fingerprint density at radius 2 is 2.03 bits per heavy atom. The molecular formula is C21H19N5O4S. The summed E-state index contributed by atoms with van der Waals surface area (Å²) in [5.74, 6) is 0.761. The van der Waals surface area contributed by atoms with Gasteiger partial charge in [-0.15, -0.1) is 10.2 Å². The second-order valence-corrected chi connectivity index (χ2v) is 7.89. The van der Waals surface area contributed by atoms with Crippen molar-refractivity contribution >= 4 is 29.0 Å². The summed E-state index contributed by atoms with van der Waals surface area (Å²) < 4.78 is 6.21. The third-order valence-electron chi connectivity index (χ3n) is 4.65. The lowest BCUT2D eigenvalue weighted by Crippen LogP contribution is -2.36. The molecule has 0 bridgehead atoms. The number of ether oxygens (including phenoxy) is 1. The van der Waals surface area contributed by atoms with Crippen molar-refractivity contribution in [3.05, 3.63) is 64.2 Å². The number of hydrogen-bond donors (Lipinski definition) is 0. The van der Waals surface area contributed by atoms with Crippen molar-refractivity contribution in [2.24, 2.45) is 0 Å². The average molecular weight is 437 g/mol. The average Bonchev–Trinajstić information content (AvgIpc) is 2.92. The van der Waals surface area contributed by atoms with Crippen LogP contribution >= 0.6 is 11.8 Å². The fourth-order valence-corrected chi connectivity index (χ4v) is 3.95. The molecular weight excluding hydrogens is 418 g/mol. The summed E-state index contributed by atoms with van der Waals surface area (Å²) in [6, 6.07) is 13.3. The second-order valence-electron chi connectivity index (χ2n) is 6.83. The number of aromatic nitrogens is 3. The van der Waals surface area contributed by atoms with Crippen LogP contribution in [0.3, 0.4) is 0 Å². The number of non-ortho nitro benzene ring substituents is 1. The molecule has 4 rings (SSSR count). The second kappa shape index (κ2) is 8.68. The van der Waals surface area contributed by atoms with Crippen LogP contribution in [0, 0.1) is 10.1 Å². The summed E-state index contributed by atoms with van der Waals surface area (Å²) in [5, 5.41) is 20.3. The number of nitro groups is 1. The van der Waals surface area contributed by atoms with Crippen LogP contribution in [0.4, 0.5) is 11.4 Å². The number of thioether (sulfide) groups is 1. The van der Waals surface area contributed by atoms with Gasteiger partial charge in [-0.1, -0.05) is 49.0 Å². The quantitative estimate of drug-likeness (QED) is 0.328. The highest BCUT2D eigenvalue weighted by molar-refractivity contribution is 7.99. The standard InChI is InChI=1S/C21H19N5O4S/c1-3-11-31-21-22-19-18(23-24-21)16-9-4-5-10-17(16)25(13(2)27)20(30-19)14-7-6-8-15(12-14)26(28)29/h4-10,12,20H,3,11H2,1-2H3. The Kier molecular flexibility index (Phi) is 5.81. The maximum absolute atomic E-state index is 12.7. The molecule has 2 aromatic carbocycles. The van der Waals surface area contributed by atoms with E-state index in [2.05, 4.69) is 22.1 Å². The normalized spacial score (nSPS) is 14.8. The monoisotopic (exact) mass is 437 g/mol. The van der Waals surface area contributed by atoms with E-state index < -0.39 is 11.2 Å². The van der Waals surface area contributed by atoms with Crippen molar-refractivity contribution < 1.29 is 14.5 Å². The minimum absolute atomic E-state index is 0.0950. The van der Waals surface area contributed by atoms with Crippen LogP contribution in [0.1, 0.15) is 32.1 Å². The van der Waals surface area contributed by atoms with Crippen LogP contribution < -0.4 is 9.64 Å². The number of anilines is 1. The van der Waals surface area contributed by atoms with Crippen LogP contribution in [0.15, 0.2) is 53.7 Å². The topological polar surface area (TPSA) is 111 Å². The van der Waals surface area contributed by atoms with E-state index in [1.165, 1.54) is 35.7 Å². The summed E-state index contributed by atoms with van der Waals surface area (Å²) in [4.78, 5) is 29.5. The summed E-state index contributed by atoms with van der Waals surface area (Å²) in [6.07, 6.45) is -0.0102. The number of rotatable bonds is 5. The van der Waals surface area contributed by atoms with Crippen LogP contribution in [0.5, 0.6) is 5.88 Å². The molecule has 0 fully saturated rings. The highest BCUT2D eigenvalue weighted by Crippen LogP contribution is 2.43. The maximum atomic E-state index is 12.7. The number of carbonyl (C=O) groups excluding carboxylic acids is 1. The lowest BCUT2D eigenvalue weighted by atomic mass is 10.1. The number of para-hydroxylation sites is 1. The lowest BCUT2D eigenvalue weighted by molar-refractivity contribution is -0.385. The number of fused-ring (bicyclic) bond motifs is 3. The van der Waals surface area contributed by atoms with Gasteiger partial charge in [-0.25, -0.2) is 0 Å². The summed E-state index contributed by atoms with van der Waals surface area (Å²) in [5.41, 5.74) is 1.98. The predicted octanol–water partition coefficient (Wildman–Crippen LogP) is 4.39. The Hall–Kier alpha value is -3.53. The Bertz CT molecular complexity index is 1160. The molecule has 0 aliphatic carbocycles. The summed E-state index contributed by atoms with van der Waals surface area (Å²) >= 11 is 1.46. The molecule has 158 valence electrons. The van der Waals surface area contributed by atoms with Crippen molar-refractivity contribution in [1.82, 2.24) is 15.2 Å². The zero-order valence-electron chi connectivity index (χ0n) is 16.9. The van der Waals surface area contributed by atoms with E-state index >= 15 is 0 Å². The van der Waals surface area contributed by atoms with Gasteiger partial charge in [0.1, 0.15) is 0 Å². The van der Waals surface area contributed by atoms with Crippen LogP contribution in [0.2, 0.25) is 0 Å². The first-order chi connectivity index (χ1) is 15.0. The van der Waals surface area contributed by atoms with Crippen LogP contribution in [0.25, 0.3) is 11.3 Å². The molecule has 9 nitrogen and oxygen atoms in total. The first kappa shape index (κ1) is 20.7. The van der Waals surface area contributed by atoms with Crippen LogP contribution in [-0.4, -0.2) is 31.8 Å². The van der Waals surface area contributed by atoms with Crippen molar-refractivity contribution in [1.29, 1.82) is 0 Å². The highest BCUT2D eigenvalue weighted by atomic mass is 32.2. The molecule has 0 saturated heterocycles. The number of amides is 1. The van der Waals surface area contributed by atoms with E-state index in [0.29, 0.717) is 27.7 Å². The third-order valence-corrected chi connectivity index (χ3v) is 5.70. The minimum atomic E-state index is -0.958. The van der Waals surface area contributed by atoms with Crippen molar-refractivity contribution in [2.75, 3.05) is 10.7 Å². The van der Waals surface area contributed by atoms with Gasteiger partial charge in [0, 0.05) is 35.9 Å². The van der Waals surface area contributed by atoms with E-state index in [0.717, 1.165) is 12.2 Å². The molecule has 0 spiro atoms. The minimum Gasteiger partial charge on any atom is -0.447 e. The number of carbonyl (C=O) groups is 1. The fourth-order valence-electron chi connectivity index (χ4n) is 3.32. The van der Waals surface area contributed by atoms with Gasteiger partial charge in [-0.05, 0) is 12.5 Å². The summed E-state index contributed by atoms with van der Waals surface area (Å²) in [7, 11) is 0. The molecule has 3 aromatic rings. The Morgan fingerprint density at radius 3 is 2.77 bits per heavy atom. The number of benzene rings is 2. The summed E-state index contributed by atoms with van der Waals surface area (Å²) in [6.45, 7) is 3.47. The molecule has 1 amide bonds. The lowest BCUT2D eigenvalue weighted by Gasteiger charge is -2.29. The van der Waals surface area contributed by atoms with Gasteiger partial charge >= 0.3 is 0 Å². The number of nitrogens with zero attached hydrogens (tertiary/aromatic N) is 5. The molecule has 1 atom stereocenters. The van der Waals surface area contributed by atoms with E-state index in [9.17, 15) is 14.9 Å². The molecule has 1 unspecified atom stereocenters. The van der Waals surface area contributed by atoms with E-state index in [1.54, 1.807) is 24.3 Å². The molecule has 31 heavy (non-hydrogen) atoms. The van der Waals surface area contributed by atoms with Gasteiger partial charge in [0.25, 0.3) is 5.69 Å².